The fourth-order valence-corrected chi connectivity index (χ4v) is 11.3. The molecule has 13 rings (SSSR count). The van der Waals surface area contributed by atoms with E-state index in [9.17, 15) is 0 Å². The van der Waals surface area contributed by atoms with Crippen molar-refractivity contribution in [2.75, 3.05) is 9.80 Å². The quantitative estimate of drug-likeness (QED) is 0.111. The zero-order valence-electron chi connectivity index (χ0n) is 40.1. The molecule has 0 aliphatic rings. The summed E-state index contributed by atoms with van der Waals surface area (Å²) in [5.74, 6) is 0. The lowest BCUT2D eigenvalue weighted by molar-refractivity contribution is 1.13. The Kier molecular flexibility index (Phi) is 9.92. The van der Waals surface area contributed by atoms with Crippen molar-refractivity contribution in [2.45, 2.75) is 40.5 Å². The van der Waals surface area contributed by atoms with E-state index in [0.29, 0.717) is 0 Å². The van der Waals surface area contributed by atoms with E-state index in [1.807, 2.05) is 0 Å². The molecule has 334 valence electrons. The van der Waals surface area contributed by atoms with Gasteiger partial charge in [-0.05, 0) is 209 Å². The summed E-state index contributed by atoms with van der Waals surface area (Å²) < 4.78 is 0. The van der Waals surface area contributed by atoms with Crippen LogP contribution in [0.2, 0.25) is 0 Å². The largest absolute Gasteiger partial charge is 0.310 e. The van der Waals surface area contributed by atoms with E-state index in [1.165, 1.54) is 108 Å². The van der Waals surface area contributed by atoms with Gasteiger partial charge in [-0.15, -0.1) is 0 Å². The smallest absolute Gasteiger partial charge is 0.0468 e. The maximum Gasteiger partial charge on any atom is 0.0468 e. The highest BCUT2D eigenvalue weighted by atomic mass is 15.1. The van der Waals surface area contributed by atoms with Gasteiger partial charge in [-0.25, -0.2) is 0 Å². The molecule has 0 aromatic heterocycles. The minimum atomic E-state index is 0.975. The minimum Gasteiger partial charge on any atom is -0.310 e. The van der Waals surface area contributed by atoms with E-state index in [4.69, 9.17) is 0 Å². The molecule has 0 saturated heterocycles. The molecular formula is C68H52N2. The van der Waals surface area contributed by atoms with E-state index in [0.717, 1.165) is 47.0 Å². The van der Waals surface area contributed by atoms with Gasteiger partial charge in [-0.2, -0.15) is 0 Å². The van der Waals surface area contributed by atoms with Crippen LogP contribution < -0.4 is 9.80 Å². The molecule has 0 saturated carbocycles. The molecule has 13 aromatic carbocycles. The number of hydrogen-bond donors (Lipinski definition) is 0. The summed E-state index contributed by atoms with van der Waals surface area (Å²) >= 11 is 0. The Morgan fingerprint density at radius 1 is 0.243 bits per heavy atom. The molecule has 0 fully saturated rings. The summed E-state index contributed by atoms with van der Waals surface area (Å²) in [4.78, 5) is 4.88. The lowest BCUT2D eigenvalue weighted by Crippen LogP contribution is -2.10. The third-order valence-corrected chi connectivity index (χ3v) is 14.9. The number of rotatable bonds is 8. The van der Waals surface area contributed by atoms with Crippen LogP contribution in [0.15, 0.2) is 218 Å². The Labute approximate surface area is 409 Å². The zero-order chi connectivity index (χ0) is 47.0. The van der Waals surface area contributed by atoms with Gasteiger partial charge in [0, 0.05) is 34.1 Å². The second-order valence-electron chi connectivity index (χ2n) is 19.3. The van der Waals surface area contributed by atoms with Crippen molar-refractivity contribution in [3.8, 4) is 0 Å². The number of aryl methyl sites for hydroxylation is 4. The van der Waals surface area contributed by atoms with Gasteiger partial charge in [-0.3, -0.25) is 0 Å². The maximum absolute atomic E-state index is 2.50. The van der Waals surface area contributed by atoms with Crippen molar-refractivity contribution >= 4 is 120 Å². The SMILES string of the molecule is CCc1cccc(N(c2ccc3ccccc3c2)c2ccc3c(c2)c2cc(C)ccc2c2cc4c5ccc(N(c6cccc(CC)c6)c6ccc7ccccc7c6)cc5c5cc(C)ccc5c4cc32)c1. The van der Waals surface area contributed by atoms with Crippen LogP contribution >= 0.6 is 0 Å². The number of anilines is 6. The van der Waals surface area contributed by atoms with Crippen molar-refractivity contribution in [3.05, 3.63) is 241 Å². The Hall–Kier alpha value is -8.46. The molecule has 0 heterocycles. The van der Waals surface area contributed by atoms with Crippen LogP contribution in [0.4, 0.5) is 34.1 Å². The average molecular weight is 897 g/mol. The molecule has 0 spiro atoms. The van der Waals surface area contributed by atoms with Gasteiger partial charge in [0.1, 0.15) is 0 Å². The molecule has 13 aromatic rings. The van der Waals surface area contributed by atoms with E-state index < -0.39 is 0 Å². The topological polar surface area (TPSA) is 6.48 Å². The summed E-state index contributed by atoms with van der Waals surface area (Å²) in [5, 5.41) is 20.1. The summed E-state index contributed by atoms with van der Waals surface area (Å²) in [5.41, 5.74) is 12.0. The van der Waals surface area contributed by atoms with Crippen LogP contribution in [0.1, 0.15) is 36.1 Å². The van der Waals surface area contributed by atoms with Gasteiger partial charge in [0.25, 0.3) is 0 Å². The second kappa shape index (κ2) is 16.6. The highest BCUT2D eigenvalue weighted by molar-refractivity contribution is 6.33. The van der Waals surface area contributed by atoms with Gasteiger partial charge in [0.15, 0.2) is 0 Å². The Morgan fingerprint density at radius 3 is 0.986 bits per heavy atom. The van der Waals surface area contributed by atoms with Crippen LogP contribution in [0, 0.1) is 13.8 Å². The first-order valence-electron chi connectivity index (χ1n) is 24.8. The van der Waals surface area contributed by atoms with Gasteiger partial charge < -0.3 is 9.80 Å². The number of nitrogens with zero attached hydrogens (tertiary/aromatic N) is 2. The summed E-state index contributed by atoms with van der Waals surface area (Å²) in [6, 6.07) is 82.4. The third kappa shape index (κ3) is 6.93. The third-order valence-electron chi connectivity index (χ3n) is 14.9. The summed E-state index contributed by atoms with van der Waals surface area (Å²) in [7, 11) is 0. The van der Waals surface area contributed by atoms with E-state index in [-0.39, 0.29) is 0 Å². The van der Waals surface area contributed by atoms with Gasteiger partial charge >= 0.3 is 0 Å². The Bertz CT molecular complexity index is 3980. The number of hydrogen-bond acceptors (Lipinski definition) is 2. The predicted octanol–water partition coefficient (Wildman–Crippen LogP) is 19.6. The molecule has 0 aliphatic heterocycles. The lowest BCUT2D eigenvalue weighted by atomic mass is 9.87. The Balaban J connectivity index is 1.05. The normalized spacial score (nSPS) is 11.8. The van der Waals surface area contributed by atoms with E-state index >= 15 is 0 Å². The van der Waals surface area contributed by atoms with Crippen molar-refractivity contribution in [2.24, 2.45) is 0 Å². The molecule has 0 atom stereocenters. The lowest BCUT2D eigenvalue weighted by Gasteiger charge is -2.27. The van der Waals surface area contributed by atoms with E-state index in [2.05, 4.69) is 256 Å². The van der Waals surface area contributed by atoms with Crippen LogP contribution in [0.3, 0.4) is 0 Å². The molecule has 2 heteroatoms. The first-order chi connectivity index (χ1) is 34.4. The van der Waals surface area contributed by atoms with Crippen LogP contribution in [-0.2, 0) is 12.8 Å². The summed E-state index contributed by atoms with van der Waals surface area (Å²) in [6.45, 7) is 8.90. The first kappa shape index (κ1) is 41.7. The zero-order valence-corrected chi connectivity index (χ0v) is 40.1. The van der Waals surface area contributed by atoms with Crippen molar-refractivity contribution < 1.29 is 0 Å². The van der Waals surface area contributed by atoms with Crippen LogP contribution in [-0.4, -0.2) is 0 Å². The standard InChI is InChI=1S/C68H52N2/c1-5-45-13-11-19-51(35-45)69(53-25-23-47-15-7-9-17-49(47)37-53)55-27-31-59-63(39-55)61-33-43(3)21-29-57(61)65-42-68-60-32-28-56(40-64(60)62-34-44(4)22-30-58(62)66(68)41-67(59)65)70(52-20-12-14-46(6-2)36-52)54-26-24-48-16-8-10-18-50(48)38-54/h7-42H,5-6H2,1-4H3. The molecule has 0 bridgehead atoms. The van der Waals surface area contributed by atoms with E-state index in [1.54, 1.807) is 0 Å². The van der Waals surface area contributed by atoms with Gasteiger partial charge in [-0.1, -0.05) is 158 Å². The molecule has 70 heavy (non-hydrogen) atoms. The maximum atomic E-state index is 2.50. The van der Waals surface area contributed by atoms with Gasteiger partial charge in [0.05, 0.1) is 0 Å². The van der Waals surface area contributed by atoms with Gasteiger partial charge in [0.2, 0.25) is 0 Å². The second-order valence-corrected chi connectivity index (χ2v) is 19.3. The predicted molar refractivity (Wildman–Crippen MR) is 304 cm³/mol. The minimum absolute atomic E-state index is 0.975. The highest BCUT2D eigenvalue weighted by Gasteiger charge is 2.21. The molecule has 2 nitrogen and oxygen atoms in total. The highest BCUT2D eigenvalue weighted by Crippen LogP contribution is 2.47. The molecule has 0 aliphatic carbocycles. The molecule has 0 unspecified atom stereocenters. The average Bonchev–Trinajstić information content (AvgIpc) is 3.40. The monoisotopic (exact) mass is 896 g/mol. The van der Waals surface area contributed by atoms with Crippen molar-refractivity contribution in [3.63, 3.8) is 0 Å². The number of benzene rings is 13. The number of fused-ring (bicyclic) bond motifs is 14. The first-order valence-corrected chi connectivity index (χ1v) is 24.8. The van der Waals surface area contributed by atoms with Crippen LogP contribution in [0.5, 0.6) is 0 Å². The fourth-order valence-electron chi connectivity index (χ4n) is 11.3. The fraction of sp³-hybridized carbons (Fsp3) is 0.0882. The molecule has 0 amide bonds. The molecular weight excluding hydrogens is 845 g/mol. The summed E-state index contributed by atoms with van der Waals surface area (Å²) in [6.07, 6.45) is 1.95. The molecule has 0 N–H and O–H groups in total. The molecule has 0 radical (unpaired) electrons. The van der Waals surface area contributed by atoms with Crippen molar-refractivity contribution in [1.82, 2.24) is 0 Å². The van der Waals surface area contributed by atoms with Crippen LogP contribution in [0.25, 0.3) is 86.2 Å². The van der Waals surface area contributed by atoms with Crippen molar-refractivity contribution in [1.29, 1.82) is 0 Å². The Morgan fingerprint density at radius 2 is 0.571 bits per heavy atom.